The number of methoxy groups -OCH3 is 2. The van der Waals surface area contributed by atoms with Crippen molar-refractivity contribution >= 4 is 29.4 Å². The number of ether oxygens (including phenoxy) is 2. The molecule has 1 heterocycles. The Morgan fingerprint density at radius 2 is 1.69 bits per heavy atom. The average Bonchev–Trinajstić information content (AvgIpc) is 3.06. The van der Waals surface area contributed by atoms with Crippen LogP contribution in [0.4, 0.5) is 23.7 Å². The number of nitrogens with one attached hydrogen (secondary N) is 3. The van der Waals surface area contributed by atoms with E-state index < -0.39 is 65.5 Å². The second-order valence-corrected chi connectivity index (χ2v) is 7.56. The number of amides is 5. The van der Waals surface area contributed by atoms with Crippen LogP contribution in [0.15, 0.2) is 30.3 Å². The van der Waals surface area contributed by atoms with Crippen LogP contribution in [0.25, 0.3) is 0 Å². The van der Waals surface area contributed by atoms with Crippen molar-refractivity contribution in [2.45, 2.75) is 12.5 Å². The first-order valence-electron chi connectivity index (χ1n) is 10.1. The quantitative estimate of drug-likeness (QED) is 0.379. The van der Waals surface area contributed by atoms with E-state index in [4.69, 9.17) is 9.47 Å². The van der Waals surface area contributed by atoms with Gasteiger partial charge in [0.2, 0.25) is 11.8 Å². The molecule has 1 fully saturated rings. The van der Waals surface area contributed by atoms with Crippen LogP contribution in [0, 0.1) is 17.5 Å². The van der Waals surface area contributed by atoms with Gasteiger partial charge in [-0.15, -0.1) is 0 Å². The van der Waals surface area contributed by atoms with Crippen LogP contribution in [0.5, 0.6) is 11.5 Å². The summed E-state index contributed by atoms with van der Waals surface area (Å²) in [6.07, 6.45) is 0. The Balaban J connectivity index is 1.63. The van der Waals surface area contributed by atoms with Gasteiger partial charge in [-0.05, 0) is 36.8 Å². The maximum absolute atomic E-state index is 13.7. The lowest BCUT2D eigenvalue weighted by Gasteiger charge is -2.23. The summed E-state index contributed by atoms with van der Waals surface area (Å²) in [4.78, 5) is 50.3. The molecule has 0 radical (unpaired) electrons. The van der Waals surface area contributed by atoms with E-state index in [0.29, 0.717) is 28.0 Å². The van der Waals surface area contributed by atoms with Crippen molar-refractivity contribution in [3.05, 3.63) is 53.3 Å². The molecule has 1 aliphatic heterocycles. The first-order chi connectivity index (χ1) is 16.5. The molecule has 2 aromatic carbocycles. The number of carbonyl (C=O) groups is 4. The zero-order valence-electron chi connectivity index (χ0n) is 18.8. The highest BCUT2D eigenvalue weighted by Gasteiger charge is 2.49. The number of anilines is 1. The van der Waals surface area contributed by atoms with E-state index in [1.807, 2.05) is 5.32 Å². The van der Waals surface area contributed by atoms with Crippen molar-refractivity contribution in [3.8, 4) is 11.5 Å². The van der Waals surface area contributed by atoms with E-state index in [0.717, 1.165) is 6.07 Å². The second kappa shape index (κ2) is 9.91. The minimum absolute atomic E-state index is 0.327. The Morgan fingerprint density at radius 1 is 1.00 bits per heavy atom. The zero-order valence-corrected chi connectivity index (χ0v) is 18.8. The minimum Gasteiger partial charge on any atom is -0.493 e. The Bertz CT molecular complexity index is 1210. The van der Waals surface area contributed by atoms with Gasteiger partial charge in [0.05, 0.1) is 26.5 Å². The lowest BCUT2D eigenvalue weighted by molar-refractivity contribution is -0.135. The zero-order chi connectivity index (χ0) is 25.9. The van der Waals surface area contributed by atoms with Gasteiger partial charge in [0.1, 0.15) is 12.1 Å². The van der Waals surface area contributed by atoms with Crippen molar-refractivity contribution in [1.82, 2.24) is 15.5 Å². The summed E-state index contributed by atoms with van der Waals surface area (Å²) in [6, 6.07) is 5.24. The van der Waals surface area contributed by atoms with E-state index in [9.17, 15) is 32.3 Å². The summed E-state index contributed by atoms with van der Waals surface area (Å²) in [6.45, 7) is 0.0600. The Hall–Kier alpha value is -4.29. The van der Waals surface area contributed by atoms with Crippen LogP contribution < -0.4 is 25.4 Å². The SMILES string of the molecule is COc1ccc([C@]2(C)NC(=O)N(CC(=O)NCC(=O)Nc3ccc(F)c(F)c3F)C2=O)cc1OC. The van der Waals surface area contributed by atoms with Crippen LogP contribution in [-0.4, -0.2) is 56.0 Å². The molecule has 13 heteroatoms. The highest BCUT2D eigenvalue weighted by molar-refractivity contribution is 6.09. The van der Waals surface area contributed by atoms with Crippen LogP contribution >= 0.6 is 0 Å². The first-order valence-corrected chi connectivity index (χ1v) is 10.1. The van der Waals surface area contributed by atoms with Crippen molar-refractivity contribution in [1.29, 1.82) is 0 Å². The molecule has 2 aromatic rings. The third-order valence-corrected chi connectivity index (χ3v) is 5.29. The molecule has 5 amide bonds. The number of urea groups is 1. The summed E-state index contributed by atoms with van der Waals surface area (Å²) < 4.78 is 50.3. The third kappa shape index (κ3) is 4.98. The molecule has 1 atom stereocenters. The average molecular weight is 494 g/mol. The number of benzene rings is 2. The number of hydrogen-bond donors (Lipinski definition) is 3. The van der Waals surface area contributed by atoms with Crippen molar-refractivity contribution in [2.24, 2.45) is 0 Å². The van der Waals surface area contributed by atoms with E-state index in [-0.39, 0.29) is 0 Å². The van der Waals surface area contributed by atoms with Gasteiger partial charge in [-0.3, -0.25) is 19.3 Å². The number of nitrogens with zero attached hydrogens (tertiary/aromatic N) is 1. The summed E-state index contributed by atoms with van der Waals surface area (Å²) in [7, 11) is 2.85. The predicted molar refractivity (Wildman–Crippen MR) is 115 cm³/mol. The normalized spacial score (nSPS) is 17.1. The Labute approximate surface area is 197 Å². The fraction of sp³-hybridized carbons (Fsp3) is 0.273. The van der Waals surface area contributed by atoms with Gasteiger partial charge in [0, 0.05) is 0 Å². The summed E-state index contributed by atoms with van der Waals surface area (Å²) in [5, 5.41) is 6.68. The number of halogens is 3. The molecule has 1 aliphatic rings. The lowest BCUT2D eigenvalue weighted by Crippen LogP contribution is -2.44. The molecule has 0 saturated carbocycles. The number of rotatable bonds is 8. The molecule has 10 nitrogen and oxygen atoms in total. The van der Waals surface area contributed by atoms with E-state index >= 15 is 0 Å². The van der Waals surface area contributed by atoms with E-state index in [1.54, 1.807) is 12.1 Å². The Kier molecular flexibility index (Phi) is 7.17. The Morgan fingerprint density at radius 3 is 2.34 bits per heavy atom. The molecule has 1 saturated heterocycles. The third-order valence-electron chi connectivity index (χ3n) is 5.29. The second-order valence-electron chi connectivity index (χ2n) is 7.56. The molecule has 0 bridgehead atoms. The van der Waals surface area contributed by atoms with Crippen LogP contribution in [-0.2, 0) is 19.9 Å². The van der Waals surface area contributed by atoms with Crippen molar-refractivity contribution in [2.75, 3.05) is 32.6 Å². The largest absolute Gasteiger partial charge is 0.493 e. The monoisotopic (exact) mass is 494 g/mol. The van der Waals surface area contributed by atoms with Gasteiger partial charge >= 0.3 is 6.03 Å². The molecule has 0 unspecified atom stereocenters. The summed E-state index contributed by atoms with van der Waals surface area (Å²) in [5.41, 5.74) is -1.74. The fourth-order valence-electron chi connectivity index (χ4n) is 3.38. The number of imide groups is 1. The van der Waals surface area contributed by atoms with Crippen LogP contribution in [0.3, 0.4) is 0 Å². The van der Waals surface area contributed by atoms with Crippen molar-refractivity contribution < 1.29 is 41.8 Å². The fourth-order valence-corrected chi connectivity index (χ4v) is 3.38. The lowest BCUT2D eigenvalue weighted by atomic mass is 9.91. The standard InChI is InChI=1S/C22H21F3N4O6/c1-22(11-4-7-14(34-2)15(8-11)35-3)20(32)29(21(33)28-22)10-17(31)26-9-16(30)27-13-6-5-12(23)18(24)19(13)25/h4-8H,9-10H2,1-3H3,(H,26,31)(H,27,30)(H,28,33)/t22-/m0/s1. The number of carbonyl (C=O) groups excluding carboxylic acids is 4. The van der Waals surface area contributed by atoms with Gasteiger partial charge < -0.3 is 25.4 Å². The van der Waals surface area contributed by atoms with Gasteiger partial charge in [0.15, 0.2) is 29.0 Å². The summed E-state index contributed by atoms with van der Waals surface area (Å²) in [5.74, 6) is -6.59. The van der Waals surface area contributed by atoms with Crippen LogP contribution in [0.1, 0.15) is 12.5 Å². The smallest absolute Gasteiger partial charge is 0.325 e. The molecule has 0 aromatic heterocycles. The van der Waals surface area contributed by atoms with Crippen LogP contribution in [0.2, 0.25) is 0 Å². The highest BCUT2D eigenvalue weighted by Crippen LogP contribution is 2.35. The van der Waals surface area contributed by atoms with Gasteiger partial charge in [-0.1, -0.05) is 6.07 Å². The van der Waals surface area contributed by atoms with E-state index in [2.05, 4.69) is 10.6 Å². The first kappa shape index (κ1) is 25.3. The van der Waals surface area contributed by atoms with Gasteiger partial charge in [0.25, 0.3) is 5.91 Å². The maximum atomic E-state index is 13.7. The molecule has 3 rings (SSSR count). The molecule has 186 valence electrons. The highest BCUT2D eigenvalue weighted by atomic mass is 19.2. The van der Waals surface area contributed by atoms with E-state index in [1.165, 1.54) is 27.2 Å². The molecule has 0 aliphatic carbocycles. The molecular formula is C22H21F3N4O6. The maximum Gasteiger partial charge on any atom is 0.325 e. The number of hydrogen-bond acceptors (Lipinski definition) is 6. The molecule has 3 N–H and O–H groups in total. The van der Waals surface area contributed by atoms with Gasteiger partial charge in [-0.25, -0.2) is 18.0 Å². The predicted octanol–water partition coefficient (Wildman–Crippen LogP) is 1.64. The van der Waals surface area contributed by atoms with Crippen molar-refractivity contribution in [3.63, 3.8) is 0 Å². The molecule has 0 spiro atoms. The molecule has 35 heavy (non-hydrogen) atoms. The molecular weight excluding hydrogens is 473 g/mol. The summed E-state index contributed by atoms with van der Waals surface area (Å²) >= 11 is 0. The van der Waals surface area contributed by atoms with Gasteiger partial charge in [-0.2, -0.15) is 0 Å². The minimum atomic E-state index is -1.76. The topological polar surface area (TPSA) is 126 Å².